The average Bonchev–Trinajstić information content (AvgIpc) is 1.87. The van der Waals surface area contributed by atoms with Crippen LogP contribution in [0.2, 0.25) is 0 Å². The third kappa shape index (κ3) is 3.82. The number of aliphatic hydroxyl groups is 1. The Kier molecular flexibility index (Phi) is 4.60. The second-order valence-electron chi connectivity index (χ2n) is 2.99. The molecule has 0 saturated carbocycles. The molecule has 0 aliphatic carbocycles. The fourth-order valence-corrected chi connectivity index (χ4v) is 0.723. The summed E-state index contributed by atoms with van der Waals surface area (Å²) in [6.07, 6.45) is 0.851. The maximum Gasteiger partial charge on any atom is 0.0583 e. The van der Waals surface area contributed by atoms with Crippen LogP contribution in [0.25, 0.3) is 0 Å². The monoisotopic (exact) mass is 146 g/mol. The molecule has 3 heteroatoms. The van der Waals surface area contributed by atoms with Gasteiger partial charge in [-0.05, 0) is 27.4 Å². The summed E-state index contributed by atoms with van der Waals surface area (Å²) in [6, 6.07) is 0.375. The van der Waals surface area contributed by atoms with Crippen LogP contribution in [0.5, 0.6) is 0 Å². The fraction of sp³-hybridized carbons (Fsp3) is 1.00. The maximum atomic E-state index is 8.62. The summed E-state index contributed by atoms with van der Waals surface area (Å²) in [5, 5.41) is 8.62. The summed E-state index contributed by atoms with van der Waals surface area (Å²) >= 11 is 0. The van der Waals surface area contributed by atoms with Crippen LogP contribution in [0.15, 0.2) is 0 Å². The summed E-state index contributed by atoms with van der Waals surface area (Å²) in [5.74, 6) is 0. The molecular weight excluding hydrogens is 128 g/mol. The predicted octanol–water partition coefficient (Wildman–Crippen LogP) is -0.354. The third-order valence-corrected chi connectivity index (χ3v) is 1.76. The summed E-state index contributed by atoms with van der Waals surface area (Å²) in [4.78, 5) is 2.09. The van der Waals surface area contributed by atoms with Gasteiger partial charge in [-0.25, -0.2) is 0 Å². The molecule has 2 atom stereocenters. The molecule has 3 nitrogen and oxygen atoms in total. The van der Waals surface area contributed by atoms with Crippen molar-refractivity contribution in [3.8, 4) is 0 Å². The molecule has 0 spiro atoms. The normalized spacial score (nSPS) is 17.4. The first-order valence-corrected chi connectivity index (χ1v) is 3.60. The van der Waals surface area contributed by atoms with Crippen LogP contribution < -0.4 is 5.73 Å². The van der Waals surface area contributed by atoms with Crippen molar-refractivity contribution >= 4 is 0 Å². The van der Waals surface area contributed by atoms with Gasteiger partial charge in [0.1, 0.15) is 0 Å². The zero-order chi connectivity index (χ0) is 8.15. The number of hydrogen-bond acceptors (Lipinski definition) is 3. The second kappa shape index (κ2) is 4.66. The molecule has 0 fully saturated rings. The Labute approximate surface area is 62.8 Å². The number of aliphatic hydroxyl groups excluding tert-OH is 1. The van der Waals surface area contributed by atoms with Gasteiger partial charge >= 0.3 is 0 Å². The lowest BCUT2D eigenvalue weighted by molar-refractivity contribution is 0.220. The minimum absolute atomic E-state index is 0.0719. The summed E-state index contributed by atoms with van der Waals surface area (Å²) in [7, 11) is 4.02. The van der Waals surface area contributed by atoms with Crippen molar-refractivity contribution in [2.24, 2.45) is 5.73 Å². The second-order valence-corrected chi connectivity index (χ2v) is 2.99. The van der Waals surface area contributed by atoms with Gasteiger partial charge < -0.3 is 15.7 Å². The zero-order valence-electron chi connectivity index (χ0n) is 7.04. The average molecular weight is 146 g/mol. The molecule has 2 unspecified atom stereocenters. The van der Waals surface area contributed by atoms with E-state index in [2.05, 4.69) is 11.8 Å². The van der Waals surface area contributed by atoms with Crippen LogP contribution in [-0.2, 0) is 0 Å². The van der Waals surface area contributed by atoms with Crippen LogP contribution in [0.3, 0.4) is 0 Å². The molecule has 0 heterocycles. The molecule has 0 rings (SSSR count). The van der Waals surface area contributed by atoms with E-state index in [0.29, 0.717) is 6.04 Å². The van der Waals surface area contributed by atoms with Gasteiger partial charge in [0.2, 0.25) is 0 Å². The van der Waals surface area contributed by atoms with E-state index in [9.17, 15) is 0 Å². The van der Waals surface area contributed by atoms with Gasteiger partial charge in [-0.15, -0.1) is 0 Å². The molecule has 0 radical (unpaired) electrons. The molecule has 62 valence electrons. The Bertz CT molecular complexity index is 85.7. The van der Waals surface area contributed by atoms with Crippen molar-refractivity contribution in [1.82, 2.24) is 4.90 Å². The van der Waals surface area contributed by atoms with Crippen molar-refractivity contribution in [3.05, 3.63) is 0 Å². The standard InChI is InChI=1S/C7H18N2O/c1-6(9(2)3)4-7(8)5-10/h6-7,10H,4-5,8H2,1-3H3. The number of nitrogens with zero attached hydrogens (tertiary/aromatic N) is 1. The Morgan fingerprint density at radius 1 is 1.50 bits per heavy atom. The van der Waals surface area contributed by atoms with Crippen LogP contribution >= 0.6 is 0 Å². The van der Waals surface area contributed by atoms with E-state index < -0.39 is 0 Å². The van der Waals surface area contributed by atoms with Gasteiger partial charge in [0.05, 0.1) is 6.61 Å². The molecule has 0 aliphatic rings. The zero-order valence-corrected chi connectivity index (χ0v) is 7.04. The van der Waals surface area contributed by atoms with Crippen molar-refractivity contribution < 1.29 is 5.11 Å². The van der Waals surface area contributed by atoms with E-state index >= 15 is 0 Å². The van der Waals surface area contributed by atoms with Gasteiger partial charge in [0.15, 0.2) is 0 Å². The molecule has 3 N–H and O–H groups in total. The molecule has 0 saturated heterocycles. The van der Waals surface area contributed by atoms with Crippen molar-refractivity contribution in [1.29, 1.82) is 0 Å². The summed E-state index contributed by atoms with van der Waals surface area (Å²) in [6.45, 7) is 2.17. The van der Waals surface area contributed by atoms with Crippen LogP contribution in [0.4, 0.5) is 0 Å². The highest BCUT2D eigenvalue weighted by atomic mass is 16.3. The molecule has 0 aromatic carbocycles. The molecule has 0 aromatic heterocycles. The Morgan fingerprint density at radius 3 is 2.30 bits per heavy atom. The number of rotatable bonds is 4. The van der Waals surface area contributed by atoms with Crippen molar-refractivity contribution in [3.63, 3.8) is 0 Å². The topological polar surface area (TPSA) is 49.5 Å². The minimum Gasteiger partial charge on any atom is -0.395 e. The van der Waals surface area contributed by atoms with Gasteiger partial charge in [0, 0.05) is 12.1 Å². The molecule has 0 aliphatic heterocycles. The SMILES string of the molecule is CC(CC(N)CO)N(C)C. The van der Waals surface area contributed by atoms with E-state index in [4.69, 9.17) is 10.8 Å². The lowest BCUT2D eigenvalue weighted by atomic mass is 10.1. The van der Waals surface area contributed by atoms with Gasteiger partial charge in [-0.2, -0.15) is 0 Å². The first-order chi connectivity index (χ1) is 4.57. The highest BCUT2D eigenvalue weighted by molar-refractivity contribution is 4.68. The quantitative estimate of drug-likeness (QED) is 0.570. The molecule has 0 bridgehead atoms. The molecular formula is C7H18N2O. The molecule has 0 aromatic rings. The first-order valence-electron chi connectivity index (χ1n) is 3.60. The van der Waals surface area contributed by atoms with Gasteiger partial charge in [-0.1, -0.05) is 0 Å². The maximum absolute atomic E-state index is 8.62. The number of hydrogen-bond donors (Lipinski definition) is 2. The molecule has 10 heavy (non-hydrogen) atoms. The van der Waals surface area contributed by atoms with E-state index in [0.717, 1.165) is 6.42 Å². The van der Waals surface area contributed by atoms with E-state index in [-0.39, 0.29) is 12.6 Å². The van der Waals surface area contributed by atoms with Gasteiger partial charge in [-0.3, -0.25) is 0 Å². The van der Waals surface area contributed by atoms with Crippen molar-refractivity contribution in [2.45, 2.75) is 25.4 Å². The first kappa shape index (κ1) is 9.88. The number of nitrogens with two attached hydrogens (primary N) is 1. The predicted molar refractivity (Wildman–Crippen MR) is 42.8 cm³/mol. The highest BCUT2D eigenvalue weighted by Gasteiger charge is 2.08. The van der Waals surface area contributed by atoms with Crippen LogP contribution in [0.1, 0.15) is 13.3 Å². The summed E-state index contributed by atoms with van der Waals surface area (Å²) in [5.41, 5.74) is 5.54. The van der Waals surface area contributed by atoms with E-state index in [1.54, 1.807) is 0 Å². The molecule has 0 amide bonds. The van der Waals surface area contributed by atoms with Crippen LogP contribution in [0, 0.1) is 0 Å². The van der Waals surface area contributed by atoms with Gasteiger partial charge in [0.25, 0.3) is 0 Å². The Balaban J connectivity index is 3.46. The highest BCUT2D eigenvalue weighted by Crippen LogP contribution is 1.99. The Morgan fingerprint density at radius 2 is 2.00 bits per heavy atom. The van der Waals surface area contributed by atoms with Crippen molar-refractivity contribution in [2.75, 3.05) is 20.7 Å². The lowest BCUT2D eigenvalue weighted by Gasteiger charge is -2.21. The van der Waals surface area contributed by atoms with Crippen LogP contribution in [-0.4, -0.2) is 42.8 Å². The Hall–Kier alpha value is -0.120. The minimum atomic E-state index is -0.0719. The fourth-order valence-electron chi connectivity index (χ4n) is 0.723. The largest absolute Gasteiger partial charge is 0.395 e. The van der Waals surface area contributed by atoms with E-state index in [1.807, 2.05) is 14.1 Å². The smallest absolute Gasteiger partial charge is 0.0583 e. The lowest BCUT2D eigenvalue weighted by Crippen LogP contribution is -2.34. The third-order valence-electron chi connectivity index (χ3n) is 1.76. The summed E-state index contributed by atoms with van der Waals surface area (Å²) < 4.78 is 0. The van der Waals surface area contributed by atoms with E-state index in [1.165, 1.54) is 0 Å².